The Kier molecular flexibility index (Phi) is 4.00. The van der Waals surface area contributed by atoms with Crippen LogP contribution >= 0.6 is 0 Å². The predicted octanol–water partition coefficient (Wildman–Crippen LogP) is 2.02. The fourth-order valence-corrected chi connectivity index (χ4v) is 2.44. The van der Waals surface area contributed by atoms with Crippen molar-refractivity contribution in [1.82, 2.24) is 10.2 Å². The average molecular weight is 226 g/mol. The van der Waals surface area contributed by atoms with Gasteiger partial charge in [-0.3, -0.25) is 4.79 Å². The van der Waals surface area contributed by atoms with Crippen LogP contribution in [0.25, 0.3) is 0 Å². The highest BCUT2D eigenvalue weighted by molar-refractivity contribution is 5.85. The van der Waals surface area contributed by atoms with E-state index in [1.165, 1.54) is 12.8 Å². The fourth-order valence-electron chi connectivity index (χ4n) is 2.44. The summed E-state index contributed by atoms with van der Waals surface area (Å²) in [6.45, 7) is 10.2. The first kappa shape index (κ1) is 13.5. The third-order valence-electron chi connectivity index (χ3n) is 4.39. The monoisotopic (exact) mass is 226 g/mol. The zero-order valence-corrected chi connectivity index (χ0v) is 11.4. The molecule has 0 aliphatic carbocycles. The van der Waals surface area contributed by atoms with E-state index >= 15 is 0 Å². The van der Waals surface area contributed by atoms with Crippen LogP contribution in [0.1, 0.15) is 47.0 Å². The third kappa shape index (κ3) is 2.40. The molecule has 0 bridgehead atoms. The van der Waals surface area contributed by atoms with Gasteiger partial charge in [0.15, 0.2) is 0 Å². The van der Waals surface area contributed by atoms with E-state index in [4.69, 9.17) is 0 Å². The molecule has 1 N–H and O–H groups in total. The van der Waals surface area contributed by atoms with E-state index in [0.717, 1.165) is 19.5 Å². The zero-order chi connectivity index (χ0) is 12.4. The molecular formula is C13H26N2O. The van der Waals surface area contributed by atoms with Gasteiger partial charge in [0.25, 0.3) is 0 Å². The summed E-state index contributed by atoms with van der Waals surface area (Å²) in [5.74, 6) is 0.235. The van der Waals surface area contributed by atoms with Crippen LogP contribution in [0.3, 0.4) is 0 Å². The molecule has 0 aromatic carbocycles. The Bertz CT molecular complexity index is 257. The highest BCUT2D eigenvalue weighted by atomic mass is 16.2. The van der Waals surface area contributed by atoms with E-state index < -0.39 is 5.54 Å². The molecule has 1 rings (SSSR count). The van der Waals surface area contributed by atoms with Crippen molar-refractivity contribution < 1.29 is 4.79 Å². The zero-order valence-electron chi connectivity index (χ0n) is 11.4. The molecular weight excluding hydrogens is 200 g/mol. The standard InChI is InChI=1S/C13H26N2O/c1-6-13(7-2)8-9-15(10-13)11(16)12(3,4)14-5/h14H,6-10H2,1-5H3. The lowest BCUT2D eigenvalue weighted by molar-refractivity contribution is -0.136. The van der Waals surface area contributed by atoms with E-state index in [1.807, 2.05) is 25.8 Å². The van der Waals surface area contributed by atoms with Crippen LogP contribution in [0, 0.1) is 5.41 Å². The molecule has 0 aromatic heterocycles. The topological polar surface area (TPSA) is 32.3 Å². The van der Waals surface area contributed by atoms with E-state index in [0.29, 0.717) is 5.41 Å². The summed E-state index contributed by atoms with van der Waals surface area (Å²) in [5, 5.41) is 3.09. The van der Waals surface area contributed by atoms with Crippen LogP contribution in [0.2, 0.25) is 0 Å². The molecule has 94 valence electrons. The minimum Gasteiger partial charge on any atom is -0.341 e. The van der Waals surface area contributed by atoms with Crippen molar-refractivity contribution in [2.75, 3.05) is 20.1 Å². The Labute approximate surface area is 99.6 Å². The molecule has 3 nitrogen and oxygen atoms in total. The highest BCUT2D eigenvalue weighted by Gasteiger charge is 2.40. The minimum absolute atomic E-state index is 0.235. The molecule has 1 aliphatic rings. The first-order valence-corrected chi connectivity index (χ1v) is 6.39. The normalized spacial score (nSPS) is 20.2. The van der Waals surface area contributed by atoms with Gasteiger partial charge >= 0.3 is 0 Å². The number of likely N-dealkylation sites (tertiary alicyclic amines) is 1. The van der Waals surface area contributed by atoms with Crippen LogP contribution < -0.4 is 5.32 Å². The number of carbonyl (C=O) groups is 1. The van der Waals surface area contributed by atoms with Crippen molar-refractivity contribution in [3.63, 3.8) is 0 Å². The van der Waals surface area contributed by atoms with Gasteiger partial charge in [-0.25, -0.2) is 0 Å². The molecule has 0 saturated carbocycles. The van der Waals surface area contributed by atoms with E-state index in [-0.39, 0.29) is 5.91 Å². The maximum Gasteiger partial charge on any atom is 0.242 e. The van der Waals surface area contributed by atoms with Gasteiger partial charge in [0, 0.05) is 13.1 Å². The predicted molar refractivity (Wildman–Crippen MR) is 67.4 cm³/mol. The molecule has 1 heterocycles. The summed E-state index contributed by atoms with van der Waals surface area (Å²) in [6.07, 6.45) is 3.51. The van der Waals surface area contributed by atoms with Crippen LogP contribution in [0.15, 0.2) is 0 Å². The molecule has 0 atom stereocenters. The van der Waals surface area contributed by atoms with Gasteiger partial charge in [0.1, 0.15) is 0 Å². The Balaban J connectivity index is 2.70. The van der Waals surface area contributed by atoms with Gasteiger partial charge < -0.3 is 10.2 Å². The van der Waals surface area contributed by atoms with E-state index in [9.17, 15) is 4.79 Å². The largest absolute Gasteiger partial charge is 0.341 e. The molecule has 1 fully saturated rings. The molecule has 1 aliphatic heterocycles. The quantitative estimate of drug-likeness (QED) is 0.795. The summed E-state index contributed by atoms with van der Waals surface area (Å²) in [6, 6.07) is 0. The van der Waals surface area contributed by atoms with E-state index in [1.54, 1.807) is 0 Å². The van der Waals surface area contributed by atoms with E-state index in [2.05, 4.69) is 19.2 Å². The SMILES string of the molecule is CCC1(CC)CCN(C(=O)C(C)(C)NC)C1. The second-order valence-corrected chi connectivity index (χ2v) is 5.56. The van der Waals surface area contributed by atoms with Crippen molar-refractivity contribution >= 4 is 5.91 Å². The second-order valence-electron chi connectivity index (χ2n) is 5.56. The first-order chi connectivity index (χ1) is 7.40. The third-order valence-corrected chi connectivity index (χ3v) is 4.39. The molecule has 3 heteroatoms. The molecule has 0 aromatic rings. The number of amides is 1. The highest BCUT2D eigenvalue weighted by Crippen LogP contribution is 2.37. The molecule has 0 spiro atoms. The first-order valence-electron chi connectivity index (χ1n) is 6.39. The van der Waals surface area contributed by atoms with Gasteiger partial charge in [-0.15, -0.1) is 0 Å². The van der Waals surface area contributed by atoms with Crippen LogP contribution in [-0.2, 0) is 4.79 Å². The maximum atomic E-state index is 12.3. The second kappa shape index (κ2) is 4.74. The van der Waals surface area contributed by atoms with Crippen molar-refractivity contribution in [2.45, 2.75) is 52.5 Å². The number of rotatable bonds is 4. The van der Waals surface area contributed by atoms with Crippen molar-refractivity contribution in [3.8, 4) is 0 Å². The van der Waals surface area contributed by atoms with Crippen LogP contribution in [-0.4, -0.2) is 36.5 Å². The summed E-state index contributed by atoms with van der Waals surface area (Å²) < 4.78 is 0. The molecule has 1 amide bonds. The molecule has 16 heavy (non-hydrogen) atoms. The Hall–Kier alpha value is -0.570. The average Bonchev–Trinajstić information content (AvgIpc) is 2.73. The summed E-state index contributed by atoms with van der Waals surface area (Å²) in [5.41, 5.74) is -0.0585. The van der Waals surface area contributed by atoms with Crippen molar-refractivity contribution in [2.24, 2.45) is 5.41 Å². The van der Waals surface area contributed by atoms with Gasteiger partial charge in [-0.2, -0.15) is 0 Å². The lowest BCUT2D eigenvalue weighted by Crippen LogP contribution is -2.52. The Morgan fingerprint density at radius 3 is 2.31 bits per heavy atom. The molecule has 0 unspecified atom stereocenters. The van der Waals surface area contributed by atoms with Gasteiger partial charge in [-0.1, -0.05) is 13.8 Å². The minimum atomic E-state index is -0.433. The van der Waals surface area contributed by atoms with Crippen molar-refractivity contribution in [1.29, 1.82) is 0 Å². The summed E-state index contributed by atoms with van der Waals surface area (Å²) in [7, 11) is 1.85. The number of hydrogen-bond donors (Lipinski definition) is 1. The molecule has 0 radical (unpaired) electrons. The Morgan fingerprint density at radius 1 is 1.38 bits per heavy atom. The number of nitrogens with zero attached hydrogens (tertiary/aromatic N) is 1. The molecule has 1 saturated heterocycles. The van der Waals surface area contributed by atoms with Gasteiger partial charge in [-0.05, 0) is 45.6 Å². The van der Waals surface area contributed by atoms with Gasteiger partial charge in [0.2, 0.25) is 5.91 Å². The summed E-state index contributed by atoms with van der Waals surface area (Å²) >= 11 is 0. The number of likely N-dealkylation sites (N-methyl/N-ethyl adjacent to an activating group) is 1. The van der Waals surface area contributed by atoms with Crippen LogP contribution in [0.4, 0.5) is 0 Å². The van der Waals surface area contributed by atoms with Crippen LogP contribution in [0.5, 0.6) is 0 Å². The lowest BCUT2D eigenvalue weighted by Gasteiger charge is -2.31. The number of carbonyl (C=O) groups excluding carboxylic acids is 1. The number of nitrogens with one attached hydrogen (secondary N) is 1. The number of hydrogen-bond acceptors (Lipinski definition) is 2. The summed E-state index contributed by atoms with van der Waals surface area (Å²) in [4.78, 5) is 14.3. The van der Waals surface area contributed by atoms with Crippen molar-refractivity contribution in [3.05, 3.63) is 0 Å². The lowest BCUT2D eigenvalue weighted by atomic mass is 9.82. The Morgan fingerprint density at radius 2 is 1.94 bits per heavy atom. The van der Waals surface area contributed by atoms with Gasteiger partial charge in [0.05, 0.1) is 5.54 Å². The maximum absolute atomic E-state index is 12.3. The smallest absolute Gasteiger partial charge is 0.242 e. The fraction of sp³-hybridized carbons (Fsp3) is 0.923.